The molecule has 0 spiro atoms. The predicted octanol–water partition coefficient (Wildman–Crippen LogP) is 1.64. The van der Waals surface area contributed by atoms with E-state index in [0.717, 1.165) is 63.9 Å². The number of aromatic nitrogens is 1. The first kappa shape index (κ1) is 24.5. The fourth-order valence-corrected chi connectivity index (χ4v) is 3.66. The van der Waals surface area contributed by atoms with Crippen LogP contribution in [0.1, 0.15) is 31.0 Å². The molecule has 1 aliphatic heterocycles. The molecule has 0 bridgehead atoms. The lowest BCUT2D eigenvalue weighted by molar-refractivity contribution is -0.0179. The van der Waals surface area contributed by atoms with E-state index in [9.17, 15) is 5.11 Å². The van der Waals surface area contributed by atoms with Gasteiger partial charge in [0.2, 0.25) is 0 Å². The number of halogens is 1. The van der Waals surface area contributed by atoms with Crippen LogP contribution in [0, 0.1) is 6.92 Å². The number of nitrogens with one attached hydrogen (secondary N) is 2. The number of morpholine rings is 1. The van der Waals surface area contributed by atoms with Crippen molar-refractivity contribution < 1.29 is 9.84 Å². The van der Waals surface area contributed by atoms with Gasteiger partial charge in [-0.2, -0.15) is 0 Å². The third-order valence-corrected chi connectivity index (χ3v) is 5.14. The van der Waals surface area contributed by atoms with Crippen molar-refractivity contribution in [3.05, 3.63) is 16.1 Å². The summed E-state index contributed by atoms with van der Waals surface area (Å²) in [5.41, 5.74) is 0.244. The maximum Gasteiger partial charge on any atom is 0.191 e. The molecule has 7 nitrogen and oxygen atoms in total. The zero-order valence-corrected chi connectivity index (χ0v) is 19.8. The molecule has 27 heavy (non-hydrogen) atoms. The Morgan fingerprint density at radius 2 is 2.15 bits per heavy atom. The van der Waals surface area contributed by atoms with Crippen molar-refractivity contribution in [3.8, 4) is 0 Å². The number of β-amino-alcohol motifs (C(OH)–C–C–N with tert-alkyl or cyclic N) is 1. The molecule has 2 rings (SSSR count). The van der Waals surface area contributed by atoms with E-state index in [2.05, 4.69) is 30.9 Å². The molecule has 0 saturated carbocycles. The van der Waals surface area contributed by atoms with Crippen LogP contribution < -0.4 is 10.6 Å². The molecule has 0 amide bonds. The van der Waals surface area contributed by atoms with Crippen LogP contribution in [0.5, 0.6) is 0 Å². The highest BCUT2D eigenvalue weighted by Crippen LogP contribution is 2.11. The lowest BCUT2D eigenvalue weighted by Crippen LogP contribution is -2.48. The van der Waals surface area contributed by atoms with Gasteiger partial charge in [0.05, 0.1) is 30.4 Å². The zero-order chi connectivity index (χ0) is 18.8. The molecule has 1 aromatic rings. The van der Waals surface area contributed by atoms with Crippen LogP contribution in [0.2, 0.25) is 0 Å². The number of rotatable bonds is 9. The van der Waals surface area contributed by atoms with Gasteiger partial charge in [0.15, 0.2) is 5.96 Å². The number of guanidine groups is 1. The minimum Gasteiger partial charge on any atom is -0.387 e. The van der Waals surface area contributed by atoms with Gasteiger partial charge < -0.3 is 20.5 Å². The highest BCUT2D eigenvalue weighted by molar-refractivity contribution is 14.0. The Morgan fingerprint density at radius 1 is 1.41 bits per heavy atom. The highest BCUT2D eigenvalue weighted by Gasteiger charge is 2.25. The lowest BCUT2D eigenvalue weighted by atomic mass is 10.1. The van der Waals surface area contributed by atoms with Crippen molar-refractivity contribution >= 4 is 41.3 Å². The Balaban J connectivity index is 0.00000364. The second-order valence-corrected chi connectivity index (χ2v) is 7.94. The molecule has 3 N–H and O–H groups in total. The standard InChI is InChI=1S/C18H33N5O2S.HI/c1-4-19-17(20-7-5-6-16-22-15(2)12-26-16)21-13-18(3,24)14-23-8-10-25-11-9-23;/h12,24H,4-11,13-14H2,1-3H3,(H2,19,20,21);1H. The Bertz CT molecular complexity index is 562. The van der Waals surface area contributed by atoms with Crippen LogP contribution in [0.15, 0.2) is 10.4 Å². The van der Waals surface area contributed by atoms with Crippen molar-refractivity contribution in [1.29, 1.82) is 0 Å². The molecular weight excluding hydrogens is 477 g/mol. The monoisotopic (exact) mass is 511 g/mol. The van der Waals surface area contributed by atoms with Crippen LogP contribution in [-0.2, 0) is 11.2 Å². The Labute approximate surface area is 184 Å². The number of thiazole rings is 1. The number of aryl methyl sites for hydroxylation is 2. The molecule has 1 atom stereocenters. The topological polar surface area (TPSA) is 82.0 Å². The predicted molar refractivity (Wildman–Crippen MR) is 122 cm³/mol. The molecule has 1 saturated heterocycles. The largest absolute Gasteiger partial charge is 0.387 e. The molecule has 1 aromatic heterocycles. The summed E-state index contributed by atoms with van der Waals surface area (Å²) in [6.45, 7) is 11.7. The van der Waals surface area contributed by atoms with E-state index >= 15 is 0 Å². The fourth-order valence-electron chi connectivity index (χ4n) is 2.85. The van der Waals surface area contributed by atoms with E-state index in [1.807, 2.05) is 20.8 Å². The number of nitrogens with zero attached hydrogens (tertiary/aromatic N) is 3. The van der Waals surface area contributed by atoms with E-state index in [1.54, 1.807) is 11.3 Å². The van der Waals surface area contributed by atoms with E-state index in [1.165, 1.54) is 5.01 Å². The van der Waals surface area contributed by atoms with Crippen molar-refractivity contribution in [3.63, 3.8) is 0 Å². The van der Waals surface area contributed by atoms with E-state index < -0.39 is 5.60 Å². The normalized spacial score (nSPS) is 17.9. The number of hydrogen-bond donors (Lipinski definition) is 3. The maximum atomic E-state index is 10.7. The summed E-state index contributed by atoms with van der Waals surface area (Å²) in [7, 11) is 0. The van der Waals surface area contributed by atoms with Gasteiger partial charge >= 0.3 is 0 Å². The van der Waals surface area contributed by atoms with Gasteiger partial charge in [-0.25, -0.2) is 4.98 Å². The zero-order valence-electron chi connectivity index (χ0n) is 16.7. The van der Waals surface area contributed by atoms with Gasteiger partial charge in [-0.1, -0.05) is 0 Å². The van der Waals surface area contributed by atoms with Crippen LogP contribution in [0.3, 0.4) is 0 Å². The van der Waals surface area contributed by atoms with E-state index in [-0.39, 0.29) is 24.0 Å². The van der Waals surface area contributed by atoms with Gasteiger partial charge in [-0.05, 0) is 27.2 Å². The molecule has 0 aliphatic carbocycles. The summed E-state index contributed by atoms with van der Waals surface area (Å²) in [4.78, 5) is 11.3. The second kappa shape index (κ2) is 12.9. The van der Waals surface area contributed by atoms with Crippen LogP contribution in [-0.4, -0.2) is 79.0 Å². The van der Waals surface area contributed by atoms with Crippen LogP contribution in [0.25, 0.3) is 0 Å². The van der Waals surface area contributed by atoms with Gasteiger partial charge in [-0.3, -0.25) is 9.89 Å². The van der Waals surface area contributed by atoms with Crippen molar-refractivity contribution in [2.75, 3.05) is 52.5 Å². The molecular formula is C18H34IN5O2S. The minimum absolute atomic E-state index is 0. The number of aliphatic imine (C=N–C) groups is 1. The first-order valence-corrected chi connectivity index (χ1v) is 10.3. The van der Waals surface area contributed by atoms with Crippen LogP contribution >= 0.6 is 35.3 Å². The van der Waals surface area contributed by atoms with Crippen LogP contribution in [0.4, 0.5) is 0 Å². The van der Waals surface area contributed by atoms with Gasteiger partial charge in [-0.15, -0.1) is 35.3 Å². The first-order chi connectivity index (χ1) is 12.5. The summed E-state index contributed by atoms with van der Waals surface area (Å²) in [6, 6.07) is 0. The Kier molecular flexibility index (Phi) is 11.7. The van der Waals surface area contributed by atoms with Crippen molar-refractivity contribution in [1.82, 2.24) is 20.5 Å². The fraction of sp³-hybridized carbons (Fsp3) is 0.778. The molecule has 1 unspecified atom stereocenters. The smallest absolute Gasteiger partial charge is 0.191 e. The highest BCUT2D eigenvalue weighted by atomic mass is 127. The van der Waals surface area contributed by atoms with E-state index in [0.29, 0.717) is 13.1 Å². The summed E-state index contributed by atoms with van der Waals surface area (Å²) < 4.78 is 5.36. The number of hydrogen-bond acceptors (Lipinski definition) is 6. The second-order valence-electron chi connectivity index (χ2n) is 6.99. The molecule has 9 heteroatoms. The average molecular weight is 511 g/mol. The summed E-state index contributed by atoms with van der Waals surface area (Å²) >= 11 is 1.72. The summed E-state index contributed by atoms with van der Waals surface area (Å²) in [5, 5.41) is 20.5. The third kappa shape index (κ3) is 10.0. The third-order valence-electron chi connectivity index (χ3n) is 4.12. The Morgan fingerprint density at radius 3 is 2.78 bits per heavy atom. The first-order valence-electron chi connectivity index (χ1n) is 9.44. The molecule has 156 valence electrons. The maximum absolute atomic E-state index is 10.7. The Hall–Kier alpha value is -0.490. The molecule has 0 aromatic carbocycles. The van der Waals surface area contributed by atoms with Crippen molar-refractivity contribution in [2.45, 2.75) is 39.2 Å². The average Bonchev–Trinajstić information content (AvgIpc) is 3.02. The molecule has 1 aliphatic rings. The van der Waals surface area contributed by atoms with Gasteiger partial charge in [0.1, 0.15) is 0 Å². The lowest BCUT2D eigenvalue weighted by Gasteiger charge is -2.33. The number of aliphatic hydroxyl groups is 1. The quantitative estimate of drug-likeness (QED) is 0.203. The minimum atomic E-state index is -0.849. The number of ether oxygens (including phenoxy) is 1. The van der Waals surface area contributed by atoms with E-state index in [4.69, 9.17) is 4.74 Å². The summed E-state index contributed by atoms with van der Waals surface area (Å²) in [5.74, 6) is 0.755. The molecule has 1 fully saturated rings. The van der Waals surface area contributed by atoms with Crippen molar-refractivity contribution in [2.24, 2.45) is 4.99 Å². The van der Waals surface area contributed by atoms with Gasteiger partial charge in [0.25, 0.3) is 0 Å². The van der Waals surface area contributed by atoms with Gasteiger partial charge in [0, 0.05) is 50.2 Å². The molecule has 2 heterocycles. The SMILES string of the molecule is CCNC(=NCC(C)(O)CN1CCOCC1)NCCCc1nc(C)cs1.I. The summed E-state index contributed by atoms with van der Waals surface area (Å²) in [6.07, 6.45) is 1.97. The molecule has 0 radical (unpaired) electrons.